The van der Waals surface area contributed by atoms with Gasteiger partial charge in [0.2, 0.25) is 11.8 Å². The fourth-order valence-corrected chi connectivity index (χ4v) is 4.50. The van der Waals surface area contributed by atoms with Crippen LogP contribution >= 0.6 is 0 Å². The first-order valence-corrected chi connectivity index (χ1v) is 9.63. The summed E-state index contributed by atoms with van der Waals surface area (Å²) >= 11 is 0. The van der Waals surface area contributed by atoms with Crippen LogP contribution < -0.4 is 10.6 Å². The van der Waals surface area contributed by atoms with Crippen molar-refractivity contribution in [2.24, 2.45) is 0 Å². The van der Waals surface area contributed by atoms with Crippen LogP contribution in [0.1, 0.15) is 49.7 Å². The minimum Gasteiger partial charge on any atom is -0.343 e. The van der Waals surface area contributed by atoms with Gasteiger partial charge in [0.15, 0.2) is 0 Å². The van der Waals surface area contributed by atoms with E-state index >= 15 is 0 Å². The maximum Gasteiger partial charge on any atom is 0.245 e. The molecule has 5 heteroatoms. The molecule has 1 aromatic carbocycles. The summed E-state index contributed by atoms with van der Waals surface area (Å²) in [7, 11) is 0. The van der Waals surface area contributed by atoms with Gasteiger partial charge in [-0.05, 0) is 36.8 Å². The second-order valence-corrected chi connectivity index (χ2v) is 7.58. The highest BCUT2D eigenvalue weighted by atomic mass is 16.2. The average molecular weight is 341 g/mol. The molecule has 2 N–H and O–H groups in total. The van der Waals surface area contributed by atoms with Crippen LogP contribution in [0.5, 0.6) is 0 Å². The lowest BCUT2D eigenvalue weighted by Crippen LogP contribution is -2.52. The Balaban J connectivity index is 1.35. The number of benzene rings is 1. The van der Waals surface area contributed by atoms with E-state index in [9.17, 15) is 9.59 Å². The van der Waals surface area contributed by atoms with E-state index in [0.29, 0.717) is 19.0 Å². The van der Waals surface area contributed by atoms with Gasteiger partial charge in [-0.3, -0.25) is 9.59 Å². The van der Waals surface area contributed by atoms with Gasteiger partial charge in [-0.2, -0.15) is 0 Å². The van der Waals surface area contributed by atoms with E-state index in [1.54, 1.807) is 0 Å². The molecule has 1 aliphatic carbocycles. The Morgan fingerprint density at radius 1 is 1.08 bits per heavy atom. The van der Waals surface area contributed by atoms with Crippen molar-refractivity contribution in [3.8, 4) is 0 Å². The summed E-state index contributed by atoms with van der Waals surface area (Å²) in [5.74, 6) is 0.0785. The average Bonchev–Trinajstić information content (AvgIpc) is 3.02. The fourth-order valence-electron chi connectivity index (χ4n) is 4.50. The van der Waals surface area contributed by atoms with Crippen LogP contribution in [0, 0.1) is 0 Å². The fraction of sp³-hybridized carbons (Fsp3) is 0.600. The molecule has 4 rings (SSSR count). The van der Waals surface area contributed by atoms with Gasteiger partial charge in [-0.15, -0.1) is 0 Å². The zero-order chi connectivity index (χ0) is 17.2. The second kappa shape index (κ2) is 7.16. The van der Waals surface area contributed by atoms with Crippen molar-refractivity contribution < 1.29 is 9.59 Å². The molecule has 0 unspecified atom stereocenters. The Hall–Kier alpha value is -1.88. The first-order valence-electron chi connectivity index (χ1n) is 9.63. The minimum absolute atomic E-state index is 0.0432. The quantitative estimate of drug-likeness (QED) is 0.880. The van der Waals surface area contributed by atoms with Crippen LogP contribution in [-0.4, -0.2) is 41.4 Å². The summed E-state index contributed by atoms with van der Waals surface area (Å²) in [6, 6.07) is 8.03. The largest absolute Gasteiger partial charge is 0.343 e. The predicted octanol–water partition coefficient (Wildman–Crippen LogP) is 1.75. The molecule has 3 aliphatic rings. The topological polar surface area (TPSA) is 61.4 Å². The highest BCUT2D eigenvalue weighted by Crippen LogP contribution is 2.26. The number of amides is 2. The lowest BCUT2D eigenvalue weighted by Gasteiger charge is -2.31. The van der Waals surface area contributed by atoms with Gasteiger partial charge in [-0.25, -0.2) is 0 Å². The maximum absolute atomic E-state index is 12.7. The van der Waals surface area contributed by atoms with Crippen LogP contribution in [0.3, 0.4) is 0 Å². The Bertz CT molecular complexity index is 654. The van der Waals surface area contributed by atoms with Crippen molar-refractivity contribution in [2.45, 2.75) is 69.6 Å². The predicted molar refractivity (Wildman–Crippen MR) is 95.9 cm³/mol. The van der Waals surface area contributed by atoms with Gasteiger partial charge in [0, 0.05) is 19.1 Å². The monoisotopic (exact) mass is 341 g/mol. The first-order chi connectivity index (χ1) is 12.2. The van der Waals surface area contributed by atoms with E-state index in [4.69, 9.17) is 0 Å². The highest BCUT2D eigenvalue weighted by Gasteiger charge is 2.38. The number of carbonyl (C=O) groups is 2. The van der Waals surface area contributed by atoms with Gasteiger partial charge in [-0.1, -0.05) is 43.5 Å². The molecule has 25 heavy (non-hydrogen) atoms. The highest BCUT2D eigenvalue weighted by molar-refractivity contribution is 5.91. The number of hydrogen-bond donors (Lipinski definition) is 2. The summed E-state index contributed by atoms with van der Waals surface area (Å²) in [5.41, 5.74) is 2.48. The van der Waals surface area contributed by atoms with E-state index in [-0.39, 0.29) is 23.9 Å². The summed E-state index contributed by atoms with van der Waals surface area (Å²) in [6.07, 6.45) is 7.39. The molecule has 0 spiro atoms. The van der Waals surface area contributed by atoms with Crippen molar-refractivity contribution in [2.75, 3.05) is 6.54 Å². The number of fused-ring (bicyclic) bond motifs is 1. The molecule has 2 heterocycles. The number of likely N-dealkylation sites (tertiary alicyclic amines) is 1. The summed E-state index contributed by atoms with van der Waals surface area (Å²) < 4.78 is 0. The van der Waals surface area contributed by atoms with Crippen molar-refractivity contribution >= 4 is 11.8 Å². The number of rotatable bonds is 3. The van der Waals surface area contributed by atoms with E-state index in [1.807, 2.05) is 17.0 Å². The molecule has 134 valence electrons. The molecule has 1 aromatic rings. The summed E-state index contributed by atoms with van der Waals surface area (Å²) in [4.78, 5) is 27.4. The Kier molecular flexibility index (Phi) is 4.75. The van der Waals surface area contributed by atoms with E-state index in [2.05, 4.69) is 22.8 Å². The zero-order valence-corrected chi connectivity index (χ0v) is 14.7. The third-order valence-electron chi connectivity index (χ3n) is 5.97. The van der Waals surface area contributed by atoms with Crippen LogP contribution in [-0.2, 0) is 22.6 Å². The van der Waals surface area contributed by atoms with E-state index < -0.39 is 0 Å². The van der Waals surface area contributed by atoms with Gasteiger partial charge < -0.3 is 15.5 Å². The van der Waals surface area contributed by atoms with Crippen molar-refractivity contribution in [3.63, 3.8) is 0 Å². The number of hydrogen-bond acceptors (Lipinski definition) is 3. The number of carbonyl (C=O) groups excluding carboxylic acids is 2. The van der Waals surface area contributed by atoms with E-state index in [0.717, 1.165) is 25.8 Å². The smallest absolute Gasteiger partial charge is 0.245 e. The molecular formula is C20H27N3O2. The third kappa shape index (κ3) is 3.43. The Morgan fingerprint density at radius 3 is 2.64 bits per heavy atom. The Labute approximate surface area is 149 Å². The molecule has 1 saturated carbocycles. The van der Waals surface area contributed by atoms with Crippen molar-refractivity contribution in [1.29, 1.82) is 0 Å². The molecule has 2 aliphatic heterocycles. The molecular weight excluding hydrogens is 314 g/mol. The standard InChI is InChI=1S/C20H27N3O2/c24-19(18-12-14-6-4-5-7-15(14)13-21-18)22-17-10-11-23(20(17)25)16-8-2-1-3-9-16/h4-7,16-18,21H,1-3,8-13H2,(H,22,24)/t17-,18+/m1/s1. The molecule has 2 fully saturated rings. The molecule has 0 radical (unpaired) electrons. The summed E-state index contributed by atoms with van der Waals surface area (Å²) in [6.45, 7) is 1.50. The molecule has 2 amide bonds. The van der Waals surface area contributed by atoms with Crippen molar-refractivity contribution in [3.05, 3.63) is 35.4 Å². The first kappa shape index (κ1) is 16.6. The third-order valence-corrected chi connectivity index (χ3v) is 5.97. The Morgan fingerprint density at radius 2 is 1.84 bits per heavy atom. The number of nitrogens with one attached hydrogen (secondary N) is 2. The van der Waals surface area contributed by atoms with Gasteiger partial charge in [0.1, 0.15) is 6.04 Å². The van der Waals surface area contributed by atoms with E-state index in [1.165, 1.54) is 30.4 Å². The van der Waals surface area contributed by atoms with Gasteiger partial charge in [0.05, 0.1) is 6.04 Å². The number of nitrogens with zero attached hydrogens (tertiary/aromatic N) is 1. The molecule has 2 atom stereocenters. The molecule has 0 aromatic heterocycles. The van der Waals surface area contributed by atoms with Crippen molar-refractivity contribution in [1.82, 2.24) is 15.5 Å². The molecule has 5 nitrogen and oxygen atoms in total. The van der Waals surface area contributed by atoms with Crippen LogP contribution in [0.4, 0.5) is 0 Å². The van der Waals surface area contributed by atoms with Gasteiger partial charge in [0.25, 0.3) is 0 Å². The molecule has 1 saturated heterocycles. The van der Waals surface area contributed by atoms with Crippen LogP contribution in [0.2, 0.25) is 0 Å². The zero-order valence-electron chi connectivity index (χ0n) is 14.7. The molecule has 0 bridgehead atoms. The van der Waals surface area contributed by atoms with Gasteiger partial charge >= 0.3 is 0 Å². The van der Waals surface area contributed by atoms with Crippen LogP contribution in [0.25, 0.3) is 0 Å². The SMILES string of the molecule is O=C(N[C@@H]1CCN(C2CCCCC2)C1=O)[C@@H]1Cc2ccccc2CN1. The van der Waals surface area contributed by atoms with Crippen LogP contribution in [0.15, 0.2) is 24.3 Å². The second-order valence-electron chi connectivity index (χ2n) is 7.58. The maximum atomic E-state index is 12.7. The lowest BCUT2D eigenvalue weighted by molar-refractivity contribution is -0.135. The minimum atomic E-state index is -0.339. The normalized spacial score (nSPS) is 27.2. The lowest BCUT2D eigenvalue weighted by atomic mass is 9.94. The summed E-state index contributed by atoms with van der Waals surface area (Å²) in [5, 5.41) is 6.31.